The highest BCUT2D eigenvalue weighted by Crippen LogP contribution is 2.16. The van der Waals surface area contributed by atoms with E-state index >= 15 is 0 Å². The van der Waals surface area contributed by atoms with E-state index in [9.17, 15) is 13.5 Å². The molecule has 0 amide bonds. The molecule has 0 saturated carbocycles. The molecule has 21 heavy (non-hydrogen) atoms. The van der Waals surface area contributed by atoms with Gasteiger partial charge in [-0.25, -0.2) is 13.1 Å². The molecule has 0 spiro atoms. The van der Waals surface area contributed by atoms with Crippen LogP contribution in [-0.2, 0) is 15.8 Å². The van der Waals surface area contributed by atoms with Crippen LogP contribution in [0.3, 0.4) is 0 Å². The molecule has 6 heteroatoms. The first-order valence-electron chi connectivity index (χ1n) is 6.63. The summed E-state index contributed by atoms with van der Waals surface area (Å²) in [7, 11) is -3.50. The van der Waals surface area contributed by atoms with Crippen LogP contribution in [-0.4, -0.2) is 20.1 Å². The van der Waals surface area contributed by atoms with Crippen LogP contribution in [0.25, 0.3) is 0 Å². The van der Waals surface area contributed by atoms with Crippen molar-refractivity contribution in [1.29, 1.82) is 0 Å². The van der Waals surface area contributed by atoms with Crippen molar-refractivity contribution in [2.75, 3.05) is 6.54 Å². The minimum absolute atomic E-state index is 0.110. The Labute approximate surface area is 124 Å². The Hall–Kier alpha value is -1.63. The van der Waals surface area contributed by atoms with E-state index in [1.54, 1.807) is 25.1 Å². The third kappa shape index (κ3) is 4.70. The maximum Gasteiger partial charge on any atom is 0.215 e. The number of aryl methyl sites for hydroxylation is 2. The fourth-order valence-corrected chi connectivity index (χ4v) is 3.14. The maximum atomic E-state index is 12.0. The molecular formula is C15H19NO4S. The van der Waals surface area contributed by atoms with Crippen molar-refractivity contribution >= 4 is 10.0 Å². The molecule has 114 valence electrons. The van der Waals surface area contributed by atoms with Crippen LogP contribution >= 0.6 is 0 Å². The zero-order chi connectivity index (χ0) is 15.5. The number of hydrogen-bond donors (Lipinski definition) is 2. The summed E-state index contributed by atoms with van der Waals surface area (Å²) in [4.78, 5) is 0. The molecule has 0 bridgehead atoms. The first-order valence-corrected chi connectivity index (χ1v) is 8.28. The first-order chi connectivity index (χ1) is 9.85. The molecule has 0 saturated heterocycles. The van der Waals surface area contributed by atoms with Gasteiger partial charge in [0.05, 0.1) is 5.75 Å². The van der Waals surface area contributed by atoms with Crippen LogP contribution in [0.2, 0.25) is 0 Å². The summed E-state index contributed by atoms with van der Waals surface area (Å²) < 4.78 is 31.7. The Bertz CT molecular complexity index is 706. The lowest BCUT2D eigenvalue weighted by Gasteiger charge is -2.10. The van der Waals surface area contributed by atoms with Gasteiger partial charge in [0.2, 0.25) is 10.0 Å². The average Bonchev–Trinajstić information content (AvgIpc) is 2.82. The summed E-state index contributed by atoms with van der Waals surface area (Å²) >= 11 is 0. The third-order valence-corrected chi connectivity index (χ3v) is 4.35. The molecule has 1 aromatic carbocycles. The lowest BCUT2D eigenvalue weighted by Crippen LogP contribution is -2.29. The van der Waals surface area contributed by atoms with Gasteiger partial charge in [0, 0.05) is 6.54 Å². The van der Waals surface area contributed by atoms with Crippen molar-refractivity contribution < 1.29 is 17.9 Å². The summed E-state index contributed by atoms with van der Waals surface area (Å²) in [5.74, 6) is 0.913. The SMILES string of the molecule is Cc1cccc(CS(=O)(=O)NCC(O)c2ccc(C)o2)c1. The van der Waals surface area contributed by atoms with Gasteiger partial charge in [-0.2, -0.15) is 0 Å². The van der Waals surface area contributed by atoms with Crippen LogP contribution in [0, 0.1) is 13.8 Å². The van der Waals surface area contributed by atoms with Gasteiger partial charge < -0.3 is 9.52 Å². The summed E-state index contributed by atoms with van der Waals surface area (Å²) in [5.41, 5.74) is 1.72. The highest BCUT2D eigenvalue weighted by molar-refractivity contribution is 7.88. The number of aliphatic hydroxyl groups is 1. The van der Waals surface area contributed by atoms with Crippen molar-refractivity contribution in [2.24, 2.45) is 0 Å². The van der Waals surface area contributed by atoms with Crippen molar-refractivity contribution in [3.8, 4) is 0 Å². The summed E-state index contributed by atoms with van der Waals surface area (Å²) in [6, 6.07) is 10.7. The number of rotatable bonds is 6. The van der Waals surface area contributed by atoms with Crippen molar-refractivity contribution in [2.45, 2.75) is 25.7 Å². The summed E-state index contributed by atoms with van der Waals surface area (Å²) in [5, 5.41) is 9.89. The minimum atomic E-state index is -3.50. The van der Waals surface area contributed by atoms with E-state index in [0.717, 1.165) is 5.56 Å². The van der Waals surface area contributed by atoms with Gasteiger partial charge in [0.15, 0.2) is 0 Å². The van der Waals surface area contributed by atoms with E-state index in [2.05, 4.69) is 4.72 Å². The monoisotopic (exact) mass is 309 g/mol. The molecule has 0 aliphatic carbocycles. The van der Waals surface area contributed by atoms with E-state index < -0.39 is 16.1 Å². The van der Waals surface area contributed by atoms with Gasteiger partial charge in [-0.05, 0) is 31.5 Å². The summed E-state index contributed by atoms with van der Waals surface area (Å²) in [6.07, 6.45) is -0.994. The highest BCUT2D eigenvalue weighted by Gasteiger charge is 2.17. The van der Waals surface area contributed by atoms with Crippen molar-refractivity contribution in [1.82, 2.24) is 4.72 Å². The highest BCUT2D eigenvalue weighted by atomic mass is 32.2. The van der Waals surface area contributed by atoms with Gasteiger partial charge in [0.25, 0.3) is 0 Å². The molecule has 2 N–H and O–H groups in total. The molecule has 0 fully saturated rings. The van der Waals surface area contributed by atoms with Gasteiger partial charge in [-0.3, -0.25) is 0 Å². The molecule has 0 radical (unpaired) electrons. The fourth-order valence-electron chi connectivity index (χ4n) is 2.01. The second-order valence-corrected chi connectivity index (χ2v) is 6.87. The maximum absolute atomic E-state index is 12.0. The number of nitrogens with one attached hydrogen (secondary N) is 1. The largest absolute Gasteiger partial charge is 0.464 e. The Balaban J connectivity index is 1.95. The topological polar surface area (TPSA) is 79.5 Å². The van der Waals surface area contributed by atoms with E-state index in [-0.39, 0.29) is 12.3 Å². The van der Waals surface area contributed by atoms with Crippen LogP contribution < -0.4 is 4.72 Å². The predicted molar refractivity (Wildman–Crippen MR) is 80.2 cm³/mol. The molecule has 1 atom stereocenters. The summed E-state index contributed by atoms with van der Waals surface area (Å²) in [6.45, 7) is 3.56. The molecule has 0 aliphatic rings. The average molecular weight is 309 g/mol. The Morgan fingerprint density at radius 1 is 1.24 bits per heavy atom. The van der Waals surface area contributed by atoms with E-state index in [4.69, 9.17) is 4.42 Å². The van der Waals surface area contributed by atoms with E-state index in [0.29, 0.717) is 17.1 Å². The second kappa shape index (κ2) is 6.43. The minimum Gasteiger partial charge on any atom is -0.464 e. The molecule has 0 aliphatic heterocycles. The molecule has 2 rings (SSSR count). The Kier molecular flexibility index (Phi) is 4.82. The van der Waals surface area contributed by atoms with Gasteiger partial charge in [-0.15, -0.1) is 0 Å². The Morgan fingerprint density at radius 3 is 2.62 bits per heavy atom. The van der Waals surface area contributed by atoms with Crippen LogP contribution in [0.1, 0.15) is 28.8 Å². The third-order valence-electron chi connectivity index (χ3n) is 3.03. The normalized spacial score (nSPS) is 13.3. The second-order valence-electron chi connectivity index (χ2n) is 5.06. The van der Waals surface area contributed by atoms with Crippen LogP contribution in [0.5, 0.6) is 0 Å². The number of benzene rings is 1. The lowest BCUT2D eigenvalue weighted by atomic mass is 10.2. The standard InChI is InChI=1S/C15H19NO4S/c1-11-4-3-5-13(8-11)10-21(18,19)16-9-14(17)15-7-6-12(2)20-15/h3-8,14,16-17H,9-10H2,1-2H3. The first kappa shape index (κ1) is 15.8. The number of furan rings is 1. The van der Waals surface area contributed by atoms with Crippen molar-refractivity contribution in [3.05, 3.63) is 59.0 Å². The lowest BCUT2D eigenvalue weighted by molar-refractivity contribution is 0.152. The van der Waals surface area contributed by atoms with Gasteiger partial charge >= 0.3 is 0 Å². The van der Waals surface area contributed by atoms with E-state index in [1.165, 1.54) is 0 Å². The molecule has 2 aromatic rings. The van der Waals surface area contributed by atoms with Gasteiger partial charge in [-0.1, -0.05) is 29.8 Å². The van der Waals surface area contributed by atoms with Gasteiger partial charge in [0.1, 0.15) is 17.6 Å². The van der Waals surface area contributed by atoms with Crippen LogP contribution in [0.15, 0.2) is 40.8 Å². The van der Waals surface area contributed by atoms with E-state index in [1.807, 2.05) is 25.1 Å². The number of hydrogen-bond acceptors (Lipinski definition) is 4. The molecule has 1 unspecified atom stereocenters. The zero-order valence-corrected chi connectivity index (χ0v) is 12.9. The predicted octanol–water partition coefficient (Wildman–Crippen LogP) is 2.05. The quantitative estimate of drug-likeness (QED) is 0.856. The molecule has 5 nitrogen and oxygen atoms in total. The smallest absolute Gasteiger partial charge is 0.215 e. The zero-order valence-electron chi connectivity index (χ0n) is 12.0. The fraction of sp³-hybridized carbons (Fsp3) is 0.333. The Morgan fingerprint density at radius 2 is 2.00 bits per heavy atom. The van der Waals surface area contributed by atoms with Crippen molar-refractivity contribution in [3.63, 3.8) is 0 Å². The molecule has 1 heterocycles. The molecule has 1 aromatic heterocycles. The van der Waals surface area contributed by atoms with Crippen LogP contribution in [0.4, 0.5) is 0 Å². The molecular weight excluding hydrogens is 290 g/mol. The number of aliphatic hydroxyl groups excluding tert-OH is 1. The number of sulfonamides is 1.